The average Bonchev–Trinajstić information content (AvgIpc) is 2.45. The number of rotatable bonds is 3. The summed E-state index contributed by atoms with van der Waals surface area (Å²) in [6.45, 7) is 3.38. The lowest BCUT2D eigenvalue weighted by atomic mass is 9.99. The molecule has 0 spiro atoms. The molecule has 0 heterocycles. The van der Waals surface area contributed by atoms with Crippen LogP contribution >= 0.6 is 0 Å². The van der Waals surface area contributed by atoms with E-state index in [2.05, 4.69) is 11.3 Å². The van der Waals surface area contributed by atoms with Crippen molar-refractivity contribution in [2.45, 2.75) is 6.18 Å². The van der Waals surface area contributed by atoms with Gasteiger partial charge in [-0.3, -0.25) is 0 Å². The fourth-order valence-electron chi connectivity index (χ4n) is 1.58. The second-order valence-electron chi connectivity index (χ2n) is 3.86. The maximum absolute atomic E-state index is 12.6. The van der Waals surface area contributed by atoms with Gasteiger partial charge in [0.05, 0.1) is 12.7 Å². The summed E-state index contributed by atoms with van der Waals surface area (Å²) in [5, 5.41) is 9.99. The highest BCUT2D eigenvalue weighted by molar-refractivity contribution is 6.01. The fourth-order valence-corrected chi connectivity index (χ4v) is 1.58. The highest BCUT2D eigenvalue weighted by atomic mass is 19.4. The van der Waals surface area contributed by atoms with E-state index in [1.807, 2.05) is 5.92 Å². The van der Waals surface area contributed by atoms with Crippen molar-refractivity contribution in [1.82, 2.24) is 0 Å². The molecule has 1 N–H and O–H groups in total. The number of carbonyl (C=O) groups is 1. The first kappa shape index (κ1) is 16.4. The van der Waals surface area contributed by atoms with E-state index >= 15 is 0 Å². The topological polar surface area (TPSA) is 46.5 Å². The molecule has 0 bridgehead atoms. The van der Waals surface area contributed by atoms with Crippen LogP contribution in [0.4, 0.5) is 13.2 Å². The molecule has 1 aromatic carbocycles. The van der Waals surface area contributed by atoms with Gasteiger partial charge in [0.25, 0.3) is 0 Å². The summed E-state index contributed by atoms with van der Waals surface area (Å²) in [4.78, 5) is 11.4. The Kier molecular flexibility index (Phi) is 4.82. The zero-order chi connectivity index (χ0) is 16.2. The van der Waals surface area contributed by atoms with Crippen LogP contribution < -0.4 is 0 Å². The van der Waals surface area contributed by atoms with Gasteiger partial charge in [0, 0.05) is 5.56 Å². The van der Waals surface area contributed by atoms with E-state index in [0.29, 0.717) is 0 Å². The molecule has 0 aliphatic carbocycles. The molecule has 21 heavy (non-hydrogen) atoms. The second-order valence-corrected chi connectivity index (χ2v) is 3.86. The van der Waals surface area contributed by atoms with Gasteiger partial charge in [0.15, 0.2) is 5.57 Å². The van der Waals surface area contributed by atoms with Crippen LogP contribution in [0.5, 0.6) is 0 Å². The van der Waals surface area contributed by atoms with Crippen LogP contribution in [-0.2, 0) is 15.7 Å². The van der Waals surface area contributed by atoms with E-state index in [-0.39, 0.29) is 11.1 Å². The van der Waals surface area contributed by atoms with Gasteiger partial charge in [-0.25, -0.2) is 4.79 Å². The first-order valence-corrected chi connectivity index (χ1v) is 5.58. The predicted molar refractivity (Wildman–Crippen MR) is 71.9 cm³/mol. The summed E-state index contributed by atoms with van der Waals surface area (Å²) in [6, 6.07) is 2.57. The highest BCUT2D eigenvalue weighted by Crippen LogP contribution is 2.32. The number of benzene rings is 1. The minimum Gasteiger partial charge on any atom is -0.506 e. The van der Waals surface area contributed by atoms with E-state index in [9.17, 15) is 23.1 Å². The monoisotopic (exact) mass is 296 g/mol. The molecular weight excluding hydrogens is 285 g/mol. The van der Waals surface area contributed by atoms with Crippen molar-refractivity contribution in [3.63, 3.8) is 0 Å². The molecule has 0 amide bonds. The smallest absolute Gasteiger partial charge is 0.416 e. The minimum atomic E-state index is -4.53. The molecule has 0 saturated heterocycles. The summed E-state index contributed by atoms with van der Waals surface area (Å²) in [5.41, 5.74) is -1.45. The molecule has 0 aromatic heterocycles. The van der Waals surface area contributed by atoms with Crippen molar-refractivity contribution in [3.05, 3.63) is 47.0 Å². The second kappa shape index (κ2) is 6.18. The maximum Gasteiger partial charge on any atom is 0.416 e. The first-order valence-electron chi connectivity index (χ1n) is 5.58. The Morgan fingerprint density at radius 2 is 2.10 bits per heavy atom. The van der Waals surface area contributed by atoms with Gasteiger partial charge in [-0.15, -0.1) is 6.42 Å². The minimum absolute atomic E-state index is 0.0148. The molecule has 0 radical (unpaired) electrons. The third-order valence-electron chi connectivity index (χ3n) is 2.62. The fraction of sp³-hybridized carbons (Fsp3) is 0.133. The highest BCUT2D eigenvalue weighted by Gasteiger charge is 2.31. The number of esters is 1. The van der Waals surface area contributed by atoms with Crippen LogP contribution in [-0.4, -0.2) is 18.2 Å². The molecule has 1 aromatic rings. The lowest BCUT2D eigenvalue weighted by Gasteiger charge is -2.12. The summed E-state index contributed by atoms with van der Waals surface area (Å²) in [6.07, 6.45) is 1.69. The quantitative estimate of drug-likeness (QED) is 0.402. The number of ether oxygens (including phenoxy) is 1. The standard InChI is InChI=1S/C15H11F3O3/c1-4-9-8-10(15(16,17)18)6-7-12(9)13(19)11(5-2)14(20)21-3/h2,4,6-8,19H,1H2,3H3/b13-11-. The van der Waals surface area contributed by atoms with Gasteiger partial charge in [-0.2, -0.15) is 13.2 Å². The number of aliphatic hydroxyl groups excluding tert-OH is 1. The van der Waals surface area contributed by atoms with Crippen LogP contribution in [0.1, 0.15) is 16.7 Å². The first-order chi connectivity index (χ1) is 9.76. The Morgan fingerprint density at radius 3 is 2.52 bits per heavy atom. The van der Waals surface area contributed by atoms with Crippen LogP contribution in [0.15, 0.2) is 30.4 Å². The molecule has 0 unspecified atom stereocenters. The van der Waals surface area contributed by atoms with Crippen LogP contribution in [0.2, 0.25) is 0 Å². The summed E-state index contributed by atoms with van der Waals surface area (Å²) < 4.78 is 42.3. The van der Waals surface area contributed by atoms with Crippen molar-refractivity contribution in [2.24, 2.45) is 0 Å². The van der Waals surface area contributed by atoms with Gasteiger partial charge in [-0.05, 0) is 17.7 Å². The molecule has 110 valence electrons. The van der Waals surface area contributed by atoms with Crippen LogP contribution in [0.3, 0.4) is 0 Å². The maximum atomic E-state index is 12.6. The van der Waals surface area contributed by atoms with E-state index in [1.54, 1.807) is 0 Å². The Balaban J connectivity index is 3.51. The third-order valence-corrected chi connectivity index (χ3v) is 2.62. The average molecular weight is 296 g/mol. The number of carbonyl (C=O) groups excluding carboxylic acids is 1. The van der Waals surface area contributed by atoms with Crippen LogP contribution in [0.25, 0.3) is 11.8 Å². The number of aliphatic hydroxyl groups is 1. The predicted octanol–water partition coefficient (Wildman–Crippen LogP) is 3.42. The van der Waals surface area contributed by atoms with Crippen molar-refractivity contribution < 1.29 is 27.8 Å². The van der Waals surface area contributed by atoms with E-state index in [0.717, 1.165) is 31.4 Å². The van der Waals surface area contributed by atoms with Gasteiger partial charge in [-0.1, -0.05) is 24.6 Å². The Hall–Kier alpha value is -2.68. The Morgan fingerprint density at radius 1 is 1.48 bits per heavy atom. The van der Waals surface area contributed by atoms with Crippen molar-refractivity contribution >= 4 is 17.8 Å². The largest absolute Gasteiger partial charge is 0.506 e. The van der Waals surface area contributed by atoms with E-state index < -0.39 is 29.0 Å². The molecule has 1 rings (SSSR count). The normalized spacial score (nSPS) is 12.1. The summed E-state index contributed by atoms with van der Waals surface area (Å²) >= 11 is 0. The Labute approximate surface area is 119 Å². The number of terminal acetylenes is 1. The van der Waals surface area contributed by atoms with Crippen LogP contribution in [0, 0.1) is 12.3 Å². The van der Waals surface area contributed by atoms with Crippen molar-refractivity contribution in [2.75, 3.05) is 7.11 Å². The van der Waals surface area contributed by atoms with Crippen molar-refractivity contribution in [1.29, 1.82) is 0 Å². The number of methoxy groups -OCH3 is 1. The summed E-state index contributed by atoms with van der Waals surface area (Å²) in [5.74, 6) is 0.333. The van der Waals surface area contributed by atoms with Gasteiger partial charge >= 0.3 is 12.1 Å². The van der Waals surface area contributed by atoms with Gasteiger partial charge in [0.2, 0.25) is 0 Å². The molecule has 6 heteroatoms. The zero-order valence-electron chi connectivity index (χ0n) is 11.0. The molecular formula is C15H11F3O3. The zero-order valence-corrected chi connectivity index (χ0v) is 11.0. The molecule has 3 nitrogen and oxygen atoms in total. The summed E-state index contributed by atoms with van der Waals surface area (Å²) in [7, 11) is 1.06. The number of hydrogen-bond acceptors (Lipinski definition) is 3. The molecule has 0 fully saturated rings. The molecule has 0 saturated carbocycles. The number of hydrogen-bond donors (Lipinski definition) is 1. The number of alkyl halides is 3. The Bertz CT molecular complexity index is 649. The molecule has 0 atom stereocenters. The molecule has 0 aliphatic heterocycles. The third kappa shape index (κ3) is 3.45. The molecule has 0 aliphatic rings. The van der Waals surface area contributed by atoms with Gasteiger partial charge < -0.3 is 9.84 Å². The SMILES string of the molecule is C#C/C(C(=O)OC)=C(/O)c1ccc(C(F)(F)F)cc1C=C. The van der Waals surface area contributed by atoms with Gasteiger partial charge in [0.1, 0.15) is 5.76 Å². The number of halogens is 3. The lowest BCUT2D eigenvalue weighted by Crippen LogP contribution is -2.08. The van der Waals surface area contributed by atoms with E-state index in [4.69, 9.17) is 6.42 Å². The lowest BCUT2D eigenvalue weighted by molar-refractivity contribution is -0.138. The van der Waals surface area contributed by atoms with E-state index in [1.165, 1.54) is 0 Å². The van der Waals surface area contributed by atoms with Crippen molar-refractivity contribution in [3.8, 4) is 12.3 Å².